The van der Waals surface area contributed by atoms with E-state index >= 15 is 0 Å². The molecule has 0 aliphatic carbocycles. The van der Waals surface area contributed by atoms with Gasteiger partial charge in [0.2, 0.25) is 0 Å². The first-order chi connectivity index (χ1) is 12.5. The summed E-state index contributed by atoms with van der Waals surface area (Å²) in [6, 6.07) is 13.3. The lowest BCUT2D eigenvalue weighted by Gasteiger charge is -2.16. The number of nitro groups is 1. The van der Waals surface area contributed by atoms with Crippen LogP contribution in [0.3, 0.4) is 0 Å². The van der Waals surface area contributed by atoms with Crippen LogP contribution in [0.2, 0.25) is 0 Å². The predicted octanol–water partition coefficient (Wildman–Crippen LogP) is 4.06. The molecule has 1 amide bonds. The number of nitro benzene ring substituents is 1. The van der Waals surface area contributed by atoms with Crippen LogP contribution in [-0.4, -0.2) is 23.1 Å². The van der Waals surface area contributed by atoms with Crippen LogP contribution < -0.4 is 10.2 Å². The first-order valence-electron chi connectivity index (χ1n) is 7.99. The highest BCUT2D eigenvalue weighted by molar-refractivity contribution is 9.10. The zero-order valence-electron chi connectivity index (χ0n) is 14.1. The Bertz CT molecular complexity index is 793. The Morgan fingerprint density at radius 1 is 1.31 bits per heavy atom. The lowest BCUT2D eigenvalue weighted by Crippen LogP contribution is -2.35. The molecule has 0 fully saturated rings. The summed E-state index contributed by atoms with van der Waals surface area (Å²) >= 11 is 3.34. The lowest BCUT2D eigenvalue weighted by molar-refractivity contribution is -0.385. The number of carbonyl (C=O) groups excluding carboxylic acids is 1. The molecule has 8 heteroatoms. The Labute approximate surface area is 159 Å². The SMILES string of the molecule is CCCC(Oc1ccc(Br)cc1)C(=O)NN=Cc1ccccc1[N+](=O)[O-]. The summed E-state index contributed by atoms with van der Waals surface area (Å²) in [5, 5.41) is 14.8. The van der Waals surface area contributed by atoms with Crippen LogP contribution in [0, 0.1) is 10.1 Å². The number of para-hydroxylation sites is 1. The highest BCUT2D eigenvalue weighted by Gasteiger charge is 2.19. The van der Waals surface area contributed by atoms with Gasteiger partial charge in [-0.2, -0.15) is 5.10 Å². The van der Waals surface area contributed by atoms with Crippen molar-refractivity contribution in [2.75, 3.05) is 0 Å². The van der Waals surface area contributed by atoms with Gasteiger partial charge in [0.15, 0.2) is 6.10 Å². The Kier molecular flexibility index (Phi) is 7.28. The molecule has 1 unspecified atom stereocenters. The molecule has 26 heavy (non-hydrogen) atoms. The van der Waals surface area contributed by atoms with Crippen LogP contribution in [0.1, 0.15) is 25.3 Å². The van der Waals surface area contributed by atoms with E-state index in [1.54, 1.807) is 30.3 Å². The predicted molar refractivity (Wildman–Crippen MR) is 102 cm³/mol. The van der Waals surface area contributed by atoms with Crippen molar-refractivity contribution in [3.63, 3.8) is 0 Å². The largest absolute Gasteiger partial charge is 0.481 e. The fourth-order valence-electron chi connectivity index (χ4n) is 2.18. The maximum Gasteiger partial charge on any atom is 0.281 e. The van der Waals surface area contributed by atoms with Gasteiger partial charge in [-0.15, -0.1) is 0 Å². The number of nitrogens with one attached hydrogen (secondary N) is 1. The minimum Gasteiger partial charge on any atom is -0.481 e. The standard InChI is InChI=1S/C18H18BrN3O4/c1-2-5-17(26-15-10-8-14(19)9-11-15)18(23)21-20-12-13-6-3-4-7-16(13)22(24)25/h3-4,6-12,17H,2,5H2,1H3,(H,21,23). The molecule has 2 aromatic rings. The molecular weight excluding hydrogens is 402 g/mol. The highest BCUT2D eigenvalue weighted by Crippen LogP contribution is 2.19. The number of rotatable bonds is 8. The summed E-state index contributed by atoms with van der Waals surface area (Å²) < 4.78 is 6.63. The first kappa shape index (κ1) is 19.6. The Morgan fingerprint density at radius 3 is 2.65 bits per heavy atom. The van der Waals surface area contributed by atoms with Gasteiger partial charge < -0.3 is 4.74 Å². The number of ether oxygens (including phenoxy) is 1. The third-order valence-electron chi connectivity index (χ3n) is 3.45. The third-order valence-corrected chi connectivity index (χ3v) is 3.98. The van der Waals surface area contributed by atoms with Crippen molar-refractivity contribution in [1.29, 1.82) is 0 Å². The maximum atomic E-state index is 12.3. The van der Waals surface area contributed by atoms with Crippen molar-refractivity contribution in [2.24, 2.45) is 5.10 Å². The van der Waals surface area contributed by atoms with E-state index in [1.807, 2.05) is 19.1 Å². The minimum atomic E-state index is -0.705. The molecule has 2 aromatic carbocycles. The van der Waals surface area contributed by atoms with E-state index in [2.05, 4.69) is 26.5 Å². The summed E-state index contributed by atoms with van der Waals surface area (Å²) in [5.74, 6) is 0.161. The topological polar surface area (TPSA) is 93.8 Å². The highest BCUT2D eigenvalue weighted by atomic mass is 79.9. The van der Waals surface area contributed by atoms with E-state index < -0.39 is 16.9 Å². The average molecular weight is 420 g/mol. The number of halogens is 1. The summed E-state index contributed by atoms with van der Waals surface area (Å²) in [5.41, 5.74) is 2.61. The molecule has 0 saturated carbocycles. The monoisotopic (exact) mass is 419 g/mol. The zero-order valence-corrected chi connectivity index (χ0v) is 15.7. The van der Waals surface area contributed by atoms with E-state index in [-0.39, 0.29) is 5.69 Å². The van der Waals surface area contributed by atoms with Crippen molar-refractivity contribution < 1.29 is 14.5 Å². The zero-order chi connectivity index (χ0) is 18.9. The number of amides is 1. The van der Waals surface area contributed by atoms with Crippen molar-refractivity contribution in [3.05, 3.63) is 68.7 Å². The smallest absolute Gasteiger partial charge is 0.281 e. The molecule has 0 spiro atoms. The van der Waals surface area contributed by atoms with E-state index in [0.717, 1.165) is 10.9 Å². The second-order valence-corrected chi connectivity index (χ2v) is 6.31. The van der Waals surface area contributed by atoms with Crippen molar-refractivity contribution in [3.8, 4) is 5.75 Å². The fraction of sp³-hybridized carbons (Fsp3) is 0.222. The quantitative estimate of drug-likeness (QED) is 0.396. The molecule has 0 heterocycles. The maximum absolute atomic E-state index is 12.3. The summed E-state index contributed by atoms with van der Waals surface area (Å²) in [4.78, 5) is 22.8. The van der Waals surface area contributed by atoms with Gasteiger partial charge in [-0.05, 0) is 36.8 Å². The van der Waals surface area contributed by atoms with E-state index in [4.69, 9.17) is 4.74 Å². The molecule has 7 nitrogen and oxygen atoms in total. The van der Waals surface area contributed by atoms with Crippen LogP contribution in [0.15, 0.2) is 58.1 Å². The molecule has 0 radical (unpaired) electrons. The average Bonchev–Trinajstić information content (AvgIpc) is 2.63. The molecule has 0 aromatic heterocycles. The molecule has 0 aliphatic rings. The van der Waals surface area contributed by atoms with Gasteiger partial charge in [-0.3, -0.25) is 14.9 Å². The molecule has 2 rings (SSSR count). The van der Waals surface area contributed by atoms with Gasteiger partial charge in [0.05, 0.1) is 16.7 Å². The number of hydrogen-bond acceptors (Lipinski definition) is 5. The second-order valence-electron chi connectivity index (χ2n) is 5.40. The molecule has 0 saturated heterocycles. The normalized spacial score (nSPS) is 11.9. The van der Waals surface area contributed by atoms with E-state index in [9.17, 15) is 14.9 Å². The van der Waals surface area contributed by atoms with Gasteiger partial charge in [0.1, 0.15) is 5.75 Å². The molecular formula is C18H18BrN3O4. The number of hydrogen-bond donors (Lipinski definition) is 1. The van der Waals surface area contributed by atoms with E-state index in [1.165, 1.54) is 12.3 Å². The van der Waals surface area contributed by atoms with Crippen molar-refractivity contribution >= 4 is 33.7 Å². The fourth-order valence-corrected chi connectivity index (χ4v) is 2.45. The van der Waals surface area contributed by atoms with Crippen LogP contribution >= 0.6 is 15.9 Å². The summed E-state index contributed by atoms with van der Waals surface area (Å²) in [6.45, 7) is 1.95. The molecule has 1 atom stereocenters. The lowest BCUT2D eigenvalue weighted by atomic mass is 10.2. The Balaban J connectivity index is 2.03. The van der Waals surface area contributed by atoms with Gasteiger partial charge in [-0.1, -0.05) is 41.4 Å². The summed E-state index contributed by atoms with van der Waals surface area (Å²) in [6.07, 6.45) is 1.81. The Hall–Kier alpha value is -2.74. The molecule has 0 aliphatic heterocycles. The second kappa shape index (κ2) is 9.67. The van der Waals surface area contributed by atoms with Gasteiger partial charge >= 0.3 is 0 Å². The van der Waals surface area contributed by atoms with Crippen LogP contribution in [0.4, 0.5) is 5.69 Å². The van der Waals surface area contributed by atoms with Gasteiger partial charge in [0.25, 0.3) is 11.6 Å². The molecule has 0 bridgehead atoms. The molecule has 136 valence electrons. The third kappa shape index (κ3) is 5.66. The molecule has 1 N–H and O–H groups in total. The number of hydrazone groups is 1. The van der Waals surface area contributed by atoms with Gasteiger partial charge in [-0.25, -0.2) is 5.43 Å². The summed E-state index contributed by atoms with van der Waals surface area (Å²) in [7, 11) is 0. The van der Waals surface area contributed by atoms with Crippen molar-refractivity contribution in [2.45, 2.75) is 25.9 Å². The number of benzene rings is 2. The van der Waals surface area contributed by atoms with Gasteiger partial charge in [0, 0.05) is 10.5 Å². The van der Waals surface area contributed by atoms with Crippen molar-refractivity contribution in [1.82, 2.24) is 5.43 Å². The van der Waals surface area contributed by atoms with Crippen LogP contribution in [0.5, 0.6) is 5.75 Å². The minimum absolute atomic E-state index is 0.0817. The van der Waals surface area contributed by atoms with Crippen LogP contribution in [0.25, 0.3) is 0 Å². The van der Waals surface area contributed by atoms with Crippen LogP contribution in [-0.2, 0) is 4.79 Å². The Morgan fingerprint density at radius 2 is 2.00 bits per heavy atom. The number of nitrogens with zero attached hydrogens (tertiary/aromatic N) is 2. The van der Waals surface area contributed by atoms with E-state index in [0.29, 0.717) is 17.7 Å². The first-order valence-corrected chi connectivity index (χ1v) is 8.79. The number of carbonyl (C=O) groups is 1.